The van der Waals surface area contributed by atoms with E-state index in [-0.39, 0.29) is 18.3 Å². The van der Waals surface area contributed by atoms with E-state index < -0.39 is 6.04 Å². The van der Waals surface area contributed by atoms with E-state index in [2.05, 4.69) is 26.5 Å². The van der Waals surface area contributed by atoms with Gasteiger partial charge in [0.2, 0.25) is 5.91 Å². The second kappa shape index (κ2) is 9.19. The molecular weight excluding hydrogens is 377 g/mol. The Balaban J connectivity index is 2.54. The van der Waals surface area contributed by atoms with E-state index in [1.807, 2.05) is 30.3 Å². The smallest absolute Gasteiger partial charge is 0.329 e. The molecule has 0 radical (unpaired) electrons. The molecule has 1 atom stereocenters. The summed E-state index contributed by atoms with van der Waals surface area (Å²) in [6.07, 6.45) is 0.267. The van der Waals surface area contributed by atoms with Gasteiger partial charge in [-0.3, -0.25) is 4.79 Å². The highest BCUT2D eigenvalue weighted by atomic mass is 127. The van der Waals surface area contributed by atoms with Gasteiger partial charge >= 0.3 is 5.97 Å². The van der Waals surface area contributed by atoms with E-state index in [1.54, 1.807) is 6.92 Å². The molecule has 0 aromatic heterocycles. The van der Waals surface area contributed by atoms with E-state index in [4.69, 9.17) is 4.74 Å². The zero-order valence-corrected chi connectivity index (χ0v) is 13.6. The number of nitrogens with one attached hydrogen (secondary N) is 1. The topological polar surface area (TPSA) is 55.4 Å². The van der Waals surface area contributed by atoms with Crippen LogP contribution < -0.4 is 5.32 Å². The number of halogens is 1. The van der Waals surface area contributed by atoms with E-state index in [9.17, 15) is 9.59 Å². The van der Waals surface area contributed by atoms with Crippen LogP contribution in [0.4, 0.5) is 0 Å². The van der Waals surface area contributed by atoms with Crippen molar-refractivity contribution in [3.8, 4) is 0 Å². The standard InChI is InChI=1S/C13H16INO3S/c1-2-18-13(17)11(9-19-14)15-12(16)8-10-6-4-3-5-7-10/h3-7,11H,2,8-9H2,1H3,(H,15,16). The molecule has 0 saturated heterocycles. The summed E-state index contributed by atoms with van der Waals surface area (Å²) >= 11 is 2.09. The lowest BCUT2D eigenvalue weighted by atomic mass is 10.1. The Bertz CT molecular complexity index is 414. The van der Waals surface area contributed by atoms with Crippen molar-refractivity contribution in [2.75, 3.05) is 12.4 Å². The van der Waals surface area contributed by atoms with Crippen LogP contribution in [-0.4, -0.2) is 30.3 Å². The van der Waals surface area contributed by atoms with Crippen molar-refractivity contribution in [3.63, 3.8) is 0 Å². The number of ether oxygens (including phenoxy) is 1. The van der Waals surface area contributed by atoms with Gasteiger partial charge in [0.15, 0.2) is 0 Å². The lowest BCUT2D eigenvalue weighted by Crippen LogP contribution is -2.44. The Hall–Kier alpha value is -0.760. The minimum atomic E-state index is -0.585. The Morgan fingerprint density at radius 2 is 2.05 bits per heavy atom. The number of hydrogen-bond donors (Lipinski definition) is 1. The number of hydrogen-bond acceptors (Lipinski definition) is 4. The first-order chi connectivity index (χ1) is 9.17. The summed E-state index contributed by atoms with van der Waals surface area (Å²) < 4.78 is 4.94. The summed E-state index contributed by atoms with van der Waals surface area (Å²) in [5, 5.41) is 2.71. The Morgan fingerprint density at radius 1 is 1.37 bits per heavy atom. The summed E-state index contributed by atoms with van der Waals surface area (Å²) in [4.78, 5) is 23.5. The summed E-state index contributed by atoms with van der Waals surface area (Å²) in [6.45, 7) is 2.06. The molecule has 0 saturated carbocycles. The van der Waals surface area contributed by atoms with Crippen LogP contribution >= 0.6 is 30.1 Å². The highest BCUT2D eigenvalue weighted by Gasteiger charge is 2.21. The number of esters is 1. The van der Waals surface area contributed by atoms with E-state index >= 15 is 0 Å². The third-order valence-corrected chi connectivity index (χ3v) is 3.88. The number of carbonyl (C=O) groups excluding carboxylic acids is 2. The molecular formula is C13H16INO3S. The normalized spacial score (nSPS) is 11.7. The maximum absolute atomic E-state index is 11.9. The van der Waals surface area contributed by atoms with Gasteiger partial charge in [-0.05, 0) is 33.7 Å². The van der Waals surface area contributed by atoms with Crippen molar-refractivity contribution in [2.45, 2.75) is 19.4 Å². The van der Waals surface area contributed by atoms with Crippen LogP contribution in [0.5, 0.6) is 0 Å². The molecule has 1 amide bonds. The monoisotopic (exact) mass is 393 g/mol. The Morgan fingerprint density at radius 3 is 2.63 bits per heavy atom. The zero-order chi connectivity index (χ0) is 14.1. The average molecular weight is 393 g/mol. The summed E-state index contributed by atoms with van der Waals surface area (Å²) in [5.41, 5.74) is 0.921. The molecule has 0 spiro atoms. The van der Waals surface area contributed by atoms with Gasteiger partial charge in [-0.2, -0.15) is 0 Å². The predicted molar refractivity (Wildman–Crippen MR) is 85.2 cm³/mol. The van der Waals surface area contributed by atoms with Gasteiger partial charge in [0.25, 0.3) is 0 Å². The van der Waals surface area contributed by atoms with E-state index in [1.165, 1.54) is 8.93 Å². The molecule has 0 aliphatic rings. The maximum Gasteiger partial charge on any atom is 0.329 e. The molecule has 0 aliphatic carbocycles. The minimum absolute atomic E-state index is 0.172. The van der Waals surface area contributed by atoms with Crippen LogP contribution in [-0.2, 0) is 20.7 Å². The molecule has 0 aliphatic heterocycles. The molecule has 0 fully saturated rings. The molecule has 19 heavy (non-hydrogen) atoms. The van der Waals surface area contributed by atoms with Crippen LogP contribution in [0.2, 0.25) is 0 Å². The van der Waals surface area contributed by atoms with Crippen molar-refractivity contribution in [1.29, 1.82) is 0 Å². The largest absolute Gasteiger partial charge is 0.464 e. The minimum Gasteiger partial charge on any atom is -0.464 e. The third kappa shape index (κ3) is 6.29. The van der Waals surface area contributed by atoms with Crippen LogP contribution in [0.15, 0.2) is 30.3 Å². The second-order valence-corrected chi connectivity index (χ2v) is 6.23. The van der Waals surface area contributed by atoms with E-state index in [0.717, 1.165) is 5.56 Å². The quantitative estimate of drug-likeness (QED) is 0.571. The van der Waals surface area contributed by atoms with E-state index in [0.29, 0.717) is 12.4 Å². The molecule has 6 heteroatoms. The third-order valence-electron chi connectivity index (χ3n) is 2.34. The first kappa shape index (κ1) is 16.3. The van der Waals surface area contributed by atoms with Gasteiger partial charge in [-0.1, -0.05) is 39.3 Å². The fourth-order valence-electron chi connectivity index (χ4n) is 1.50. The fraction of sp³-hybridized carbons (Fsp3) is 0.385. The van der Waals surface area contributed by atoms with Gasteiger partial charge in [-0.25, -0.2) is 4.79 Å². The predicted octanol–water partition coefficient (Wildman–Crippen LogP) is 2.36. The molecule has 1 aromatic rings. The SMILES string of the molecule is CCOC(=O)C(CSI)NC(=O)Cc1ccccc1. The molecule has 1 aromatic carbocycles. The lowest BCUT2D eigenvalue weighted by Gasteiger charge is -2.15. The number of carbonyl (C=O) groups is 2. The Kier molecular flexibility index (Phi) is 7.88. The molecule has 1 rings (SSSR count). The van der Waals surface area contributed by atoms with Crippen molar-refractivity contribution < 1.29 is 14.3 Å². The molecule has 0 heterocycles. The van der Waals surface area contributed by atoms with Gasteiger partial charge < -0.3 is 10.1 Å². The van der Waals surface area contributed by atoms with Gasteiger partial charge in [0.05, 0.1) is 13.0 Å². The summed E-state index contributed by atoms with van der Waals surface area (Å²) in [6, 6.07) is 8.84. The highest BCUT2D eigenvalue weighted by Crippen LogP contribution is 2.13. The highest BCUT2D eigenvalue weighted by molar-refractivity contribution is 14.2. The number of rotatable bonds is 7. The molecule has 4 nitrogen and oxygen atoms in total. The van der Waals surface area contributed by atoms with Gasteiger partial charge in [-0.15, -0.1) is 0 Å². The van der Waals surface area contributed by atoms with Crippen molar-refractivity contribution >= 4 is 42.0 Å². The Labute approximate surface area is 129 Å². The lowest BCUT2D eigenvalue weighted by molar-refractivity contribution is -0.146. The van der Waals surface area contributed by atoms with Crippen molar-refractivity contribution in [1.82, 2.24) is 5.32 Å². The van der Waals surface area contributed by atoms with Crippen molar-refractivity contribution in [2.24, 2.45) is 0 Å². The van der Waals surface area contributed by atoms with Crippen LogP contribution in [0.1, 0.15) is 12.5 Å². The molecule has 1 unspecified atom stereocenters. The number of benzene rings is 1. The molecule has 0 bridgehead atoms. The molecule has 104 valence electrons. The van der Waals surface area contributed by atoms with Crippen LogP contribution in [0, 0.1) is 0 Å². The van der Waals surface area contributed by atoms with Crippen molar-refractivity contribution in [3.05, 3.63) is 35.9 Å². The van der Waals surface area contributed by atoms with Crippen LogP contribution in [0.3, 0.4) is 0 Å². The van der Waals surface area contributed by atoms with Crippen LogP contribution in [0.25, 0.3) is 0 Å². The average Bonchev–Trinajstić information content (AvgIpc) is 2.39. The first-order valence-corrected chi connectivity index (χ1v) is 9.43. The first-order valence-electron chi connectivity index (χ1n) is 5.90. The summed E-state index contributed by atoms with van der Waals surface area (Å²) in [7, 11) is 1.47. The zero-order valence-electron chi connectivity index (χ0n) is 10.6. The van der Waals surface area contributed by atoms with Gasteiger partial charge in [0.1, 0.15) is 6.04 Å². The summed E-state index contributed by atoms with van der Waals surface area (Å²) in [5.74, 6) is -0.0531. The van der Waals surface area contributed by atoms with Gasteiger partial charge in [0, 0.05) is 5.75 Å². The maximum atomic E-state index is 11.9. The fourth-order valence-corrected chi connectivity index (χ4v) is 2.93. The second-order valence-electron chi connectivity index (χ2n) is 3.81. The number of amides is 1. The molecule has 1 N–H and O–H groups in total.